The van der Waals surface area contributed by atoms with E-state index in [4.69, 9.17) is 21.1 Å². The van der Waals surface area contributed by atoms with Crippen molar-refractivity contribution in [1.82, 2.24) is 4.98 Å². The molecular formula is C19H16ClNO4. The SMILES string of the molecule is O=C(O)CC(c1ccc2c(c1)OCCO2)c1c[nH]c2ccc(Cl)cc12. The average Bonchev–Trinajstić information content (AvgIpc) is 3.02. The van der Waals surface area contributed by atoms with Crippen LogP contribution in [0.5, 0.6) is 11.5 Å². The molecule has 0 fully saturated rings. The van der Waals surface area contributed by atoms with Crippen LogP contribution in [0.4, 0.5) is 0 Å². The lowest BCUT2D eigenvalue weighted by atomic mass is 9.88. The summed E-state index contributed by atoms with van der Waals surface area (Å²) in [5, 5.41) is 11.0. The molecule has 25 heavy (non-hydrogen) atoms. The summed E-state index contributed by atoms with van der Waals surface area (Å²) in [6.45, 7) is 1.01. The van der Waals surface area contributed by atoms with Crippen LogP contribution in [0.25, 0.3) is 10.9 Å². The number of aliphatic carboxylic acids is 1. The summed E-state index contributed by atoms with van der Waals surface area (Å²) in [5.41, 5.74) is 2.69. The Kier molecular flexibility index (Phi) is 4.01. The van der Waals surface area contributed by atoms with Crippen molar-refractivity contribution in [1.29, 1.82) is 0 Å². The number of H-pyrrole nitrogens is 1. The lowest BCUT2D eigenvalue weighted by Gasteiger charge is -2.21. The van der Waals surface area contributed by atoms with Crippen molar-refractivity contribution in [3.05, 3.63) is 58.7 Å². The first-order valence-corrected chi connectivity index (χ1v) is 8.37. The number of carbonyl (C=O) groups is 1. The lowest BCUT2D eigenvalue weighted by Crippen LogP contribution is -2.16. The van der Waals surface area contributed by atoms with Crippen LogP contribution < -0.4 is 9.47 Å². The number of fused-ring (bicyclic) bond motifs is 2. The number of benzene rings is 2. The van der Waals surface area contributed by atoms with E-state index in [-0.39, 0.29) is 12.3 Å². The minimum absolute atomic E-state index is 0.0287. The van der Waals surface area contributed by atoms with Gasteiger partial charge in [0.15, 0.2) is 11.5 Å². The standard InChI is InChI=1S/C19H16ClNO4/c20-12-2-3-16-14(8-12)15(10-21-16)13(9-19(22)23)11-1-4-17-18(7-11)25-6-5-24-17/h1-4,7-8,10,13,21H,5-6,9H2,(H,22,23). The molecule has 2 aromatic carbocycles. The fourth-order valence-corrected chi connectivity index (χ4v) is 3.43. The molecule has 1 aromatic heterocycles. The van der Waals surface area contributed by atoms with Gasteiger partial charge >= 0.3 is 5.97 Å². The molecule has 0 saturated carbocycles. The van der Waals surface area contributed by atoms with Gasteiger partial charge in [0.2, 0.25) is 0 Å². The zero-order chi connectivity index (χ0) is 17.4. The smallest absolute Gasteiger partial charge is 0.304 e. The second kappa shape index (κ2) is 6.33. The number of aromatic amines is 1. The Morgan fingerprint density at radius 2 is 1.96 bits per heavy atom. The second-order valence-corrected chi connectivity index (χ2v) is 6.42. The Balaban J connectivity index is 1.82. The second-order valence-electron chi connectivity index (χ2n) is 5.99. The molecule has 0 amide bonds. The van der Waals surface area contributed by atoms with Gasteiger partial charge in [0, 0.05) is 28.0 Å². The maximum Gasteiger partial charge on any atom is 0.304 e. The number of carboxylic acid groups (broad SMARTS) is 1. The summed E-state index contributed by atoms with van der Waals surface area (Å²) in [6.07, 6.45) is 1.82. The topological polar surface area (TPSA) is 71.6 Å². The van der Waals surface area contributed by atoms with Crippen molar-refractivity contribution in [2.24, 2.45) is 0 Å². The summed E-state index contributed by atoms with van der Waals surface area (Å²) in [5.74, 6) is 0.153. The van der Waals surface area contributed by atoms with Crippen molar-refractivity contribution >= 4 is 28.5 Å². The number of ether oxygens (including phenoxy) is 2. The molecule has 2 N–H and O–H groups in total. The Bertz CT molecular complexity index is 950. The third-order valence-corrected chi connectivity index (χ3v) is 4.63. The summed E-state index contributed by atoms with van der Waals surface area (Å²) in [4.78, 5) is 14.7. The van der Waals surface area contributed by atoms with Crippen LogP contribution >= 0.6 is 11.6 Å². The maximum absolute atomic E-state index is 11.5. The van der Waals surface area contributed by atoms with Gasteiger partial charge in [-0.3, -0.25) is 4.79 Å². The highest BCUT2D eigenvalue weighted by atomic mass is 35.5. The van der Waals surface area contributed by atoms with Gasteiger partial charge in [-0.25, -0.2) is 0 Å². The van der Waals surface area contributed by atoms with Crippen LogP contribution in [0.2, 0.25) is 5.02 Å². The third-order valence-electron chi connectivity index (χ3n) is 4.40. The van der Waals surface area contributed by atoms with Crippen LogP contribution in [-0.2, 0) is 4.79 Å². The first kappa shape index (κ1) is 15.8. The number of halogens is 1. The molecule has 4 rings (SSSR count). The van der Waals surface area contributed by atoms with Gasteiger partial charge in [-0.05, 0) is 41.5 Å². The molecule has 1 aliphatic rings. The molecule has 1 aliphatic heterocycles. The highest BCUT2D eigenvalue weighted by molar-refractivity contribution is 6.31. The molecule has 1 unspecified atom stereocenters. The molecule has 6 heteroatoms. The number of hydrogen-bond donors (Lipinski definition) is 2. The highest BCUT2D eigenvalue weighted by Crippen LogP contribution is 2.39. The van der Waals surface area contributed by atoms with E-state index in [1.165, 1.54) is 0 Å². The fraction of sp³-hybridized carbons (Fsp3) is 0.211. The number of nitrogens with one attached hydrogen (secondary N) is 1. The molecule has 5 nitrogen and oxygen atoms in total. The molecule has 0 bridgehead atoms. The number of carboxylic acids is 1. The molecule has 0 spiro atoms. The van der Waals surface area contributed by atoms with Gasteiger partial charge in [0.05, 0.1) is 6.42 Å². The number of hydrogen-bond acceptors (Lipinski definition) is 3. The van der Waals surface area contributed by atoms with Crippen molar-refractivity contribution in [3.8, 4) is 11.5 Å². The average molecular weight is 358 g/mol. The van der Waals surface area contributed by atoms with E-state index < -0.39 is 5.97 Å². The zero-order valence-electron chi connectivity index (χ0n) is 13.3. The largest absolute Gasteiger partial charge is 0.486 e. The highest BCUT2D eigenvalue weighted by Gasteiger charge is 2.23. The minimum Gasteiger partial charge on any atom is -0.486 e. The summed E-state index contributed by atoms with van der Waals surface area (Å²) in [7, 11) is 0. The van der Waals surface area contributed by atoms with E-state index in [0.717, 1.165) is 22.0 Å². The Labute approximate surface area is 149 Å². The van der Waals surface area contributed by atoms with Gasteiger partial charge in [-0.1, -0.05) is 17.7 Å². The number of aromatic nitrogens is 1. The summed E-state index contributed by atoms with van der Waals surface area (Å²) >= 11 is 6.13. The normalized spacial score (nSPS) is 14.4. The van der Waals surface area contributed by atoms with Gasteiger partial charge in [0.25, 0.3) is 0 Å². The number of rotatable bonds is 4. The quantitative estimate of drug-likeness (QED) is 0.734. The predicted octanol–water partition coefficient (Wildman–Crippen LogP) is 4.20. The van der Waals surface area contributed by atoms with Crippen LogP contribution in [0.15, 0.2) is 42.6 Å². The monoisotopic (exact) mass is 357 g/mol. The Morgan fingerprint density at radius 3 is 2.76 bits per heavy atom. The Morgan fingerprint density at radius 1 is 1.16 bits per heavy atom. The maximum atomic E-state index is 11.5. The zero-order valence-corrected chi connectivity index (χ0v) is 14.0. The Hall–Kier alpha value is -2.66. The van der Waals surface area contributed by atoms with E-state index >= 15 is 0 Å². The molecule has 1 atom stereocenters. The van der Waals surface area contributed by atoms with Gasteiger partial charge < -0.3 is 19.6 Å². The van der Waals surface area contributed by atoms with E-state index in [1.54, 1.807) is 6.07 Å². The molecule has 0 radical (unpaired) electrons. The van der Waals surface area contributed by atoms with Crippen molar-refractivity contribution < 1.29 is 19.4 Å². The molecule has 2 heterocycles. The van der Waals surface area contributed by atoms with Gasteiger partial charge in [-0.2, -0.15) is 0 Å². The van der Waals surface area contributed by atoms with Crippen molar-refractivity contribution in [3.63, 3.8) is 0 Å². The minimum atomic E-state index is -0.865. The van der Waals surface area contributed by atoms with Crippen molar-refractivity contribution in [2.45, 2.75) is 12.3 Å². The molecular weight excluding hydrogens is 342 g/mol. The van der Waals surface area contributed by atoms with Crippen LogP contribution in [0.3, 0.4) is 0 Å². The predicted molar refractivity (Wildman–Crippen MR) is 94.8 cm³/mol. The molecule has 128 valence electrons. The lowest BCUT2D eigenvalue weighted by molar-refractivity contribution is -0.137. The summed E-state index contributed by atoms with van der Waals surface area (Å²) in [6, 6.07) is 11.1. The molecule has 3 aromatic rings. The fourth-order valence-electron chi connectivity index (χ4n) is 3.26. The molecule has 0 saturated heterocycles. The van der Waals surface area contributed by atoms with Crippen LogP contribution in [-0.4, -0.2) is 29.3 Å². The summed E-state index contributed by atoms with van der Waals surface area (Å²) < 4.78 is 11.2. The van der Waals surface area contributed by atoms with Crippen LogP contribution in [0.1, 0.15) is 23.5 Å². The van der Waals surface area contributed by atoms with E-state index in [1.807, 2.05) is 36.5 Å². The first-order valence-electron chi connectivity index (χ1n) is 7.99. The van der Waals surface area contributed by atoms with E-state index in [2.05, 4.69) is 4.98 Å². The van der Waals surface area contributed by atoms with E-state index in [9.17, 15) is 9.90 Å². The van der Waals surface area contributed by atoms with Crippen molar-refractivity contribution in [2.75, 3.05) is 13.2 Å². The first-order chi connectivity index (χ1) is 12.1. The van der Waals surface area contributed by atoms with Gasteiger partial charge in [0.1, 0.15) is 13.2 Å². The van der Waals surface area contributed by atoms with Crippen LogP contribution in [0, 0.1) is 0 Å². The third kappa shape index (κ3) is 3.03. The van der Waals surface area contributed by atoms with E-state index in [0.29, 0.717) is 29.7 Å². The van der Waals surface area contributed by atoms with Gasteiger partial charge in [-0.15, -0.1) is 0 Å². The molecule has 0 aliphatic carbocycles.